The van der Waals surface area contributed by atoms with Crippen LogP contribution < -0.4 is 5.73 Å². The van der Waals surface area contributed by atoms with Crippen molar-refractivity contribution in [1.82, 2.24) is 19.4 Å². The SMILES string of the molecule is CCc1nc2c(N)nc3cc(Br)ccc3c2n1CC1CCN(C(=O)OC(C)(C)C)CC1. The molecular weight excluding hydrogens is 458 g/mol. The standard InChI is InChI=1S/C23H30BrN5O2/c1-5-18-27-19-20(16-7-6-15(24)12-17(16)26-21(19)25)29(18)13-14-8-10-28(11-9-14)22(30)31-23(2,3)4/h6-7,12,14H,5,8-11,13H2,1-4H3,(H2,25,26). The van der Waals surface area contributed by atoms with Gasteiger partial charge in [0.2, 0.25) is 0 Å². The highest BCUT2D eigenvalue weighted by Gasteiger charge is 2.28. The topological polar surface area (TPSA) is 86.3 Å². The Kier molecular flexibility index (Phi) is 5.85. The minimum Gasteiger partial charge on any atom is -0.444 e. The predicted octanol–water partition coefficient (Wildman–Crippen LogP) is 5.14. The summed E-state index contributed by atoms with van der Waals surface area (Å²) >= 11 is 3.53. The highest BCUT2D eigenvalue weighted by atomic mass is 79.9. The Morgan fingerprint density at radius 3 is 2.61 bits per heavy atom. The summed E-state index contributed by atoms with van der Waals surface area (Å²) in [6.45, 7) is 10.1. The number of halogens is 1. The van der Waals surface area contributed by atoms with Gasteiger partial charge in [-0.3, -0.25) is 0 Å². The van der Waals surface area contributed by atoms with E-state index in [2.05, 4.69) is 38.5 Å². The van der Waals surface area contributed by atoms with Crippen LogP contribution in [-0.2, 0) is 17.7 Å². The van der Waals surface area contributed by atoms with Crippen molar-refractivity contribution in [2.45, 2.75) is 59.1 Å². The molecule has 1 amide bonds. The molecule has 166 valence electrons. The Morgan fingerprint density at radius 1 is 1.26 bits per heavy atom. The molecule has 0 radical (unpaired) electrons. The number of imidazole rings is 1. The number of likely N-dealkylation sites (tertiary alicyclic amines) is 1. The summed E-state index contributed by atoms with van der Waals surface area (Å²) < 4.78 is 8.82. The van der Waals surface area contributed by atoms with Crippen molar-refractivity contribution in [1.29, 1.82) is 0 Å². The summed E-state index contributed by atoms with van der Waals surface area (Å²) in [5, 5.41) is 1.06. The van der Waals surface area contributed by atoms with Gasteiger partial charge in [-0.15, -0.1) is 0 Å². The van der Waals surface area contributed by atoms with E-state index in [0.29, 0.717) is 24.8 Å². The second kappa shape index (κ2) is 8.30. The number of nitrogens with two attached hydrogens (primary N) is 1. The van der Waals surface area contributed by atoms with Crippen molar-refractivity contribution in [3.05, 3.63) is 28.5 Å². The fourth-order valence-corrected chi connectivity index (χ4v) is 4.63. The molecule has 0 aliphatic carbocycles. The first-order valence-electron chi connectivity index (χ1n) is 10.9. The average molecular weight is 488 g/mol. The number of pyridine rings is 1. The van der Waals surface area contributed by atoms with Crippen molar-refractivity contribution in [2.24, 2.45) is 5.92 Å². The summed E-state index contributed by atoms with van der Waals surface area (Å²) in [4.78, 5) is 23.6. The third-order valence-corrected chi connectivity index (χ3v) is 6.26. The van der Waals surface area contributed by atoms with Gasteiger partial charge in [0.1, 0.15) is 16.9 Å². The van der Waals surface area contributed by atoms with Gasteiger partial charge in [-0.1, -0.05) is 22.9 Å². The van der Waals surface area contributed by atoms with Crippen molar-refractivity contribution >= 4 is 49.8 Å². The van der Waals surface area contributed by atoms with E-state index in [9.17, 15) is 4.79 Å². The number of hydrogen-bond donors (Lipinski definition) is 1. The van der Waals surface area contributed by atoms with E-state index in [1.165, 1.54) is 0 Å². The molecule has 1 saturated heterocycles. The number of amides is 1. The van der Waals surface area contributed by atoms with Crippen LogP contribution in [0.3, 0.4) is 0 Å². The first-order valence-corrected chi connectivity index (χ1v) is 11.7. The van der Waals surface area contributed by atoms with Crippen LogP contribution >= 0.6 is 15.9 Å². The zero-order valence-corrected chi connectivity index (χ0v) is 20.2. The predicted molar refractivity (Wildman–Crippen MR) is 127 cm³/mol. The molecule has 0 saturated carbocycles. The largest absolute Gasteiger partial charge is 0.444 e. The Morgan fingerprint density at radius 2 is 1.97 bits per heavy atom. The monoisotopic (exact) mass is 487 g/mol. The van der Waals surface area contributed by atoms with Gasteiger partial charge in [-0.2, -0.15) is 0 Å². The number of aryl methyl sites for hydroxylation is 1. The lowest BCUT2D eigenvalue weighted by Gasteiger charge is -2.33. The summed E-state index contributed by atoms with van der Waals surface area (Å²) in [5.74, 6) is 1.95. The quantitative estimate of drug-likeness (QED) is 0.552. The lowest BCUT2D eigenvalue weighted by Crippen LogP contribution is -2.42. The molecule has 0 atom stereocenters. The maximum Gasteiger partial charge on any atom is 0.410 e. The minimum atomic E-state index is -0.469. The van der Waals surface area contributed by atoms with Gasteiger partial charge in [-0.25, -0.2) is 14.8 Å². The van der Waals surface area contributed by atoms with Crippen LogP contribution in [0.4, 0.5) is 10.6 Å². The first-order chi connectivity index (χ1) is 14.7. The zero-order chi connectivity index (χ0) is 22.3. The maximum atomic E-state index is 12.4. The van der Waals surface area contributed by atoms with Crippen LogP contribution in [0.15, 0.2) is 22.7 Å². The number of piperidine rings is 1. The fourth-order valence-electron chi connectivity index (χ4n) is 4.28. The molecular formula is C23H30BrN5O2. The highest BCUT2D eigenvalue weighted by Crippen LogP contribution is 2.32. The van der Waals surface area contributed by atoms with E-state index in [1.807, 2.05) is 37.8 Å². The molecule has 1 fully saturated rings. The number of carbonyl (C=O) groups is 1. The molecule has 0 bridgehead atoms. The molecule has 31 heavy (non-hydrogen) atoms. The van der Waals surface area contributed by atoms with E-state index >= 15 is 0 Å². The van der Waals surface area contributed by atoms with Crippen LogP contribution in [0.2, 0.25) is 0 Å². The lowest BCUT2D eigenvalue weighted by atomic mass is 9.96. The molecule has 0 unspecified atom stereocenters. The van der Waals surface area contributed by atoms with Gasteiger partial charge in [0.15, 0.2) is 5.82 Å². The fraction of sp³-hybridized carbons (Fsp3) is 0.522. The van der Waals surface area contributed by atoms with E-state index in [1.54, 1.807) is 0 Å². The second-order valence-electron chi connectivity index (χ2n) is 9.26. The van der Waals surface area contributed by atoms with Gasteiger partial charge in [-0.05, 0) is 57.7 Å². The van der Waals surface area contributed by atoms with E-state index in [4.69, 9.17) is 15.5 Å². The van der Waals surface area contributed by atoms with Gasteiger partial charge < -0.3 is 19.9 Å². The number of anilines is 1. The highest BCUT2D eigenvalue weighted by molar-refractivity contribution is 9.10. The molecule has 1 aliphatic rings. The number of rotatable bonds is 3. The van der Waals surface area contributed by atoms with Crippen molar-refractivity contribution in [3.8, 4) is 0 Å². The van der Waals surface area contributed by atoms with E-state index < -0.39 is 5.60 Å². The summed E-state index contributed by atoms with van der Waals surface area (Å²) in [7, 11) is 0. The normalized spacial score (nSPS) is 15.7. The number of fused-ring (bicyclic) bond motifs is 3. The van der Waals surface area contributed by atoms with Gasteiger partial charge >= 0.3 is 6.09 Å². The molecule has 7 nitrogen and oxygen atoms in total. The van der Waals surface area contributed by atoms with Gasteiger partial charge in [0.25, 0.3) is 0 Å². The third kappa shape index (κ3) is 4.49. The lowest BCUT2D eigenvalue weighted by molar-refractivity contribution is 0.0178. The molecule has 1 aromatic carbocycles. The zero-order valence-electron chi connectivity index (χ0n) is 18.6. The smallest absolute Gasteiger partial charge is 0.410 e. The minimum absolute atomic E-state index is 0.219. The molecule has 0 spiro atoms. The van der Waals surface area contributed by atoms with Crippen molar-refractivity contribution < 1.29 is 9.53 Å². The number of nitrogens with zero attached hydrogens (tertiary/aromatic N) is 4. The number of carbonyl (C=O) groups excluding carboxylic acids is 1. The number of hydrogen-bond acceptors (Lipinski definition) is 5. The van der Waals surface area contributed by atoms with Crippen LogP contribution in [0.25, 0.3) is 21.9 Å². The Bertz CT molecular complexity index is 1130. The number of benzene rings is 1. The summed E-state index contributed by atoms with van der Waals surface area (Å²) in [5.41, 5.74) is 8.51. The summed E-state index contributed by atoms with van der Waals surface area (Å²) in [6.07, 6.45) is 2.48. The molecule has 3 aromatic rings. The Labute approximate surface area is 191 Å². The molecule has 2 N–H and O–H groups in total. The molecule has 2 aromatic heterocycles. The van der Waals surface area contributed by atoms with Gasteiger partial charge in [0, 0.05) is 35.9 Å². The van der Waals surface area contributed by atoms with Crippen molar-refractivity contribution in [2.75, 3.05) is 18.8 Å². The summed E-state index contributed by atoms with van der Waals surface area (Å²) in [6, 6.07) is 6.10. The molecule has 3 heterocycles. The molecule has 4 rings (SSSR count). The van der Waals surface area contributed by atoms with Crippen LogP contribution in [-0.4, -0.2) is 44.2 Å². The second-order valence-corrected chi connectivity index (χ2v) is 10.2. The Balaban J connectivity index is 1.60. The molecule has 8 heteroatoms. The third-order valence-electron chi connectivity index (χ3n) is 5.77. The van der Waals surface area contributed by atoms with Crippen LogP contribution in [0, 0.1) is 5.92 Å². The van der Waals surface area contributed by atoms with Crippen LogP contribution in [0.5, 0.6) is 0 Å². The number of nitrogen functional groups attached to an aromatic ring is 1. The van der Waals surface area contributed by atoms with E-state index in [-0.39, 0.29) is 6.09 Å². The average Bonchev–Trinajstić information content (AvgIpc) is 3.06. The number of aromatic nitrogens is 3. The van der Waals surface area contributed by atoms with E-state index in [0.717, 1.165) is 58.0 Å². The van der Waals surface area contributed by atoms with Crippen LogP contribution in [0.1, 0.15) is 46.4 Å². The molecule has 1 aliphatic heterocycles. The Hall–Kier alpha value is -2.35. The van der Waals surface area contributed by atoms with Gasteiger partial charge in [0.05, 0.1) is 11.0 Å². The maximum absolute atomic E-state index is 12.4. The first kappa shape index (κ1) is 21.9. The number of ether oxygens (including phenoxy) is 1. The van der Waals surface area contributed by atoms with Crippen molar-refractivity contribution in [3.63, 3.8) is 0 Å².